The van der Waals surface area contributed by atoms with E-state index in [1.54, 1.807) is 6.92 Å². The van der Waals surface area contributed by atoms with E-state index < -0.39 is 24.1 Å². The molecule has 0 saturated heterocycles. The molecule has 0 atom stereocenters. The van der Waals surface area contributed by atoms with Crippen LogP contribution in [0.4, 0.5) is 13.2 Å². The molecule has 0 N–H and O–H groups in total. The summed E-state index contributed by atoms with van der Waals surface area (Å²) in [5.74, 6) is -2.07. The highest BCUT2D eigenvalue weighted by molar-refractivity contribution is 5.99. The van der Waals surface area contributed by atoms with E-state index in [0.717, 1.165) is 0 Å². The van der Waals surface area contributed by atoms with Gasteiger partial charge in [0.1, 0.15) is 0 Å². The summed E-state index contributed by atoms with van der Waals surface area (Å²) in [5.41, 5.74) is 7.20. The summed E-state index contributed by atoms with van der Waals surface area (Å²) in [6.45, 7) is 0.972. The molecule has 0 radical (unpaired) electrons. The molecule has 0 aromatic rings. The number of alkyl halides is 3. The van der Waals surface area contributed by atoms with Gasteiger partial charge in [0.2, 0.25) is 0 Å². The largest absolute Gasteiger partial charge is 0.501 e. The molecule has 0 aromatic heterocycles. The van der Waals surface area contributed by atoms with E-state index >= 15 is 0 Å². The predicted molar refractivity (Wildman–Crippen MR) is 44.8 cm³/mol. The van der Waals surface area contributed by atoms with Crippen LogP contribution in [0.5, 0.6) is 0 Å². The smallest absolute Gasteiger partial charge is 0.454 e. The zero-order valence-corrected chi connectivity index (χ0v) is 7.78. The van der Waals surface area contributed by atoms with Crippen molar-refractivity contribution < 1.29 is 22.7 Å². The third-order valence-electron chi connectivity index (χ3n) is 1.25. The second kappa shape index (κ2) is 5.92. The lowest BCUT2D eigenvalue weighted by atomic mass is 10.2. The molecule has 0 rings (SSSR count). The highest BCUT2D eigenvalue weighted by Crippen LogP contribution is 2.20. The molecule has 15 heavy (non-hydrogen) atoms. The number of nitrogens with zero attached hydrogens (tertiary/aromatic N) is 3. The van der Waals surface area contributed by atoms with E-state index in [9.17, 15) is 18.0 Å². The molecule has 0 unspecified atom stereocenters. The Morgan fingerprint density at radius 1 is 1.60 bits per heavy atom. The maximum atomic E-state index is 12.0. The predicted octanol–water partition coefficient (Wildman–Crippen LogP) is 2.35. The molecule has 0 aliphatic rings. The molecule has 0 saturated carbocycles. The van der Waals surface area contributed by atoms with E-state index in [1.807, 2.05) is 0 Å². The minimum atomic E-state index is -4.99. The van der Waals surface area contributed by atoms with Crippen molar-refractivity contribution in [3.63, 3.8) is 0 Å². The first-order chi connectivity index (χ1) is 6.93. The Bertz CT molecular complexity index is 305. The van der Waals surface area contributed by atoms with Gasteiger partial charge in [0.25, 0.3) is 5.78 Å². The average Bonchev–Trinajstić information content (AvgIpc) is 2.16. The van der Waals surface area contributed by atoms with Crippen LogP contribution in [0.1, 0.15) is 6.92 Å². The fourth-order valence-electron chi connectivity index (χ4n) is 0.636. The van der Waals surface area contributed by atoms with Crippen molar-refractivity contribution in [2.45, 2.75) is 13.1 Å². The lowest BCUT2D eigenvalue weighted by molar-refractivity contribution is -0.166. The molecule has 0 aliphatic heterocycles. The molecule has 0 heterocycles. The maximum absolute atomic E-state index is 12.0. The number of carbonyl (C=O) groups is 1. The molecular formula is C7H8F3N3O2. The van der Waals surface area contributed by atoms with Gasteiger partial charge in [-0.15, -0.1) is 0 Å². The van der Waals surface area contributed by atoms with Gasteiger partial charge in [0, 0.05) is 10.5 Å². The second-order valence-electron chi connectivity index (χ2n) is 2.31. The van der Waals surface area contributed by atoms with Crippen LogP contribution in [0.2, 0.25) is 0 Å². The molecule has 84 valence electrons. The fourth-order valence-corrected chi connectivity index (χ4v) is 0.636. The number of azide groups is 1. The van der Waals surface area contributed by atoms with Crippen molar-refractivity contribution in [1.82, 2.24) is 0 Å². The van der Waals surface area contributed by atoms with Gasteiger partial charge < -0.3 is 4.74 Å². The SMILES string of the molecule is CCO/C=C(\CN=[N+]=[N-])C(=O)C(F)(F)F. The van der Waals surface area contributed by atoms with Crippen LogP contribution >= 0.6 is 0 Å². The summed E-state index contributed by atoms with van der Waals surface area (Å²) < 4.78 is 40.5. The summed E-state index contributed by atoms with van der Waals surface area (Å²) in [4.78, 5) is 13.0. The number of ketones is 1. The van der Waals surface area contributed by atoms with E-state index in [2.05, 4.69) is 14.8 Å². The zero-order chi connectivity index (χ0) is 11.9. The highest BCUT2D eigenvalue weighted by Gasteiger charge is 2.40. The van der Waals surface area contributed by atoms with Crippen LogP contribution in [0.15, 0.2) is 16.9 Å². The fraction of sp³-hybridized carbons (Fsp3) is 0.571. The van der Waals surface area contributed by atoms with Crippen molar-refractivity contribution >= 4 is 5.78 Å². The molecule has 0 amide bonds. The maximum Gasteiger partial charge on any atom is 0.454 e. The Morgan fingerprint density at radius 3 is 2.60 bits per heavy atom. The first-order valence-corrected chi connectivity index (χ1v) is 3.86. The van der Waals surface area contributed by atoms with Gasteiger partial charge in [-0.1, -0.05) is 5.11 Å². The number of halogens is 3. The first-order valence-electron chi connectivity index (χ1n) is 3.86. The summed E-state index contributed by atoms with van der Waals surface area (Å²) in [7, 11) is 0. The van der Waals surface area contributed by atoms with Crippen molar-refractivity contribution in [1.29, 1.82) is 0 Å². The first kappa shape index (κ1) is 13.3. The lowest BCUT2D eigenvalue weighted by Crippen LogP contribution is -2.25. The third-order valence-corrected chi connectivity index (χ3v) is 1.25. The Morgan fingerprint density at radius 2 is 2.20 bits per heavy atom. The highest BCUT2D eigenvalue weighted by atomic mass is 19.4. The van der Waals surface area contributed by atoms with Crippen LogP contribution in [-0.2, 0) is 9.53 Å². The minimum absolute atomic E-state index is 0.116. The molecule has 5 nitrogen and oxygen atoms in total. The van der Waals surface area contributed by atoms with Gasteiger partial charge >= 0.3 is 6.18 Å². The monoisotopic (exact) mass is 223 g/mol. The van der Waals surface area contributed by atoms with Crippen molar-refractivity contribution in [2.24, 2.45) is 5.11 Å². The van der Waals surface area contributed by atoms with Gasteiger partial charge in [-0.05, 0) is 12.5 Å². The molecule has 8 heteroatoms. The Hall–Kier alpha value is -1.69. The zero-order valence-electron chi connectivity index (χ0n) is 7.78. The Balaban J connectivity index is 4.77. The van der Waals surface area contributed by atoms with E-state index in [1.165, 1.54) is 0 Å². The van der Waals surface area contributed by atoms with Crippen LogP contribution in [0.3, 0.4) is 0 Å². The molecule has 0 bridgehead atoms. The normalized spacial score (nSPS) is 11.9. The van der Waals surface area contributed by atoms with E-state index in [4.69, 9.17) is 5.53 Å². The Kier molecular flexibility index (Phi) is 5.25. The van der Waals surface area contributed by atoms with Crippen LogP contribution in [0, 0.1) is 0 Å². The van der Waals surface area contributed by atoms with E-state index in [-0.39, 0.29) is 6.61 Å². The molecule has 0 aromatic carbocycles. The number of carbonyl (C=O) groups excluding carboxylic acids is 1. The summed E-state index contributed by atoms with van der Waals surface area (Å²) in [5, 5.41) is 2.87. The van der Waals surface area contributed by atoms with Gasteiger partial charge in [0.05, 0.1) is 19.4 Å². The lowest BCUT2D eigenvalue weighted by Gasteiger charge is -2.06. The van der Waals surface area contributed by atoms with Crippen LogP contribution in [0.25, 0.3) is 10.4 Å². The minimum Gasteiger partial charge on any atom is -0.501 e. The van der Waals surface area contributed by atoms with Crippen molar-refractivity contribution in [3.8, 4) is 0 Å². The summed E-state index contributed by atoms with van der Waals surface area (Å²) in [6, 6.07) is 0. The third kappa shape index (κ3) is 4.92. The topological polar surface area (TPSA) is 75.1 Å². The van der Waals surface area contributed by atoms with Crippen LogP contribution < -0.4 is 0 Å². The second-order valence-corrected chi connectivity index (χ2v) is 2.31. The van der Waals surface area contributed by atoms with E-state index in [0.29, 0.717) is 6.26 Å². The molecule has 0 aliphatic carbocycles. The van der Waals surface area contributed by atoms with Gasteiger partial charge in [-0.25, -0.2) is 0 Å². The van der Waals surface area contributed by atoms with Crippen LogP contribution in [-0.4, -0.2) is 25.1 Å². The summed E-state index contributed by atoms with van der Waals surface area (Å²) >= 11 is 0. The van der Waals surface area contributed by atoms with Gasteiger partial charge in [-0.2, -0.15) is 13.2 Å². The summed E-state index contributed by atoms with van der Waals surface area (Å²) in [6.07, 6.45) is -4.33. The number of hydrogen-bond donors (Lipinski definition) is 0. The number of hydrogen-bond acceptors (Lipinski definition) is 3. The van der Waals surface area contributed by atoms with Gasteiger partial charge in [0.15, 0.2) is 0 Å². The number of Topliss-reactive ketones (excluding diaryl/α,β-unsaturated/α-hetero) is 1. The number of rotatable bonds is 5. The standard InChI is InChI=1S/C7H8F3N3O2/c1-2-15-4-5(3-12-13-11)6(14)7(8,9)10/h4H,2-3H2,1H3/b5-4+. The quantitative estimate of drug-likeness (QED) is 0.236. The average molecular weight is 223 g/mol. The molecular weight excluding hydrogens is 215 g/mol. The molecule has 0 spiro atoms. The Labute approximate surface area is 83.1 Å². The van der Waals surface area contributed by atoms with Crippen molar-refractivity contribution in [2.75, 3.05) is 13.2 Å². The van der Waals surface area contributed by atoms with Gasteiger partial charge in [-0.3, -0.25) is 4.79 Å². The van der Waals surface area contributed by atoms with Crippen molar-refractivity contribution in [3.05, 3.63) is 22.3 Å². The molecule has 0 fully saturated rings. The number of ether oxygens (including phenoxy) is 1.